The van der Waals surface area contributed by atoms with Crippen molar-refractivity contribution in [1.29, 1.82) is 0 Å². The van der Waals surface area contributed by atoms with E-state index < -0.39 is 6.04 Å². The molecular weight excluding hydrogens is 358 g/mol. The van der Waals surface area contributed by atoms with Crippen LogP contribution in [-0.4, -0.2) is 38.6 Å². The highest BCUT2D eigenvalue weighted by Gasteiger charge is 2.30. The molecule has 1 heterocycles. The number of amides is 2. The first-order valence-electron chi connectivity index (χ1n) is 9.12. The van der Waals surface area contributed by atoms with Crippen LogP contribution >= 0.6 is 0 Å². The fourth-order valence-electron chi connectivity index (χ4n) is 3.38. The molecule has 1 aliphatic rings. The summed E-state index contributed by atoms with van der Waals surface area (Å²) in [6.45, 7) is 3.75. The first kappa shape index (κ1) is 19.7. The van der Waals surface area contributed by atoms with Crippen LogP contribution in [-0.2, 0) is 9.59 Å². The number of nitrogens with one attached hydrogen (secondary N) is 2. The van der Waals surface area contributed by atoms with Crippen LogP contribution < -0.4 is 25.0 Å². The lowest BCUT2D eigenvalue weighted by atomic mass is 10.0. The van der Waals surface area contributed by atoms with Gasteiger partial charge in [0.15, 0.2) is 0 Å². The fraction of sp³-hybridized carbons (Fsp3) is 0.333. The minimum absolute atomic E-state index is 0.00126. The number of carbonyl (C=O) groups excluding carboxylic acids is 2. The molecule has 148 valence electrons. The van der Waals surface area contributed by atoms with Crippen molar-refractivity contribution in [3.8, 4) is 11.5 Å². The molecule has 2 atom stereocenters. The summed E-state index contributed by atoms with van der Waals surface area (Å²) < 4.78 is 10.7. The number of rotatable bonds is 6. The predicted octanol–water partition coefficient (Wildman–Crippen LogP) is 2.73. The molecule has 2 N–H and O–H groups in total. The Kier molecular flexibility index (Phi) is 5.84. The second-order valence-electron chi connectivity index (χ2n) is 6.71. The smallest absolute Gasteiger partial charge is 0.244 e. The monoisotopic (exact) mass is 383 g/mol. The largest absolute Gasteiger partial charge is 0.497 e. The summed E-state index contributed by atoms with van der Waals surface area (Å²) in [6.07, 6.45) is 0. The van der Waals surface area contributed by atoms with Gasteiger partial charge >= 0.3 is 0 Å². The summed E-state index contributed by atoms with van der Waals surface area (Å²) in [4.78, 5) is 26.6. The van der Waals surface area contributed by atoms with E-state index in [0.717, 1.165) is 5.56 Å². The molecule has 0 aromatic heterocycles. The second-order valence-corrected chi connectivity index (χ2v) is 6.71. The zero-order chi connectivity index (χ0) is 20.3. The molecule has 0 fully saturated rings. The maximum atomic E-state index is 13.1. The van der Waals surface area contributed by atoms with Crippen molar-refractivity contribution in [3.05, 3.63) is 48.0 Å². The lowest BCUT2D eigenvalue weighted by Gasteiger charge is -2.32. The highest BCUT2D eigenvalue weighted by atomic mass is 16.5. The summed E-state index contributed by atoms with van der Waals surface area (Å²) in [6, 6.07) is 12.2. The van der Waals surface area contributed by atoms with Gasteiger partial charge in [0.05, 0.1) is 31.6 Å². The number of ether oxygens (including phenoxy) is 2. The number of hydrogen-bond acceptors (Lipinski definition) is 5. The van der Waals surface area contributed by atoms with Gasteiger partial charge in [-0.15, -0.1) is 0 Å². The molecular formula is C21H25N3O4. The molecule has 0 saturated heterocycles. The van der Waals surface area contributed by atoms with Crippen LogP contribution in [0.1, 0.15) is 25.5 Å². The number of methoxy groups -OCH3 is 2. The zero-order valence-electron chi connectivity index (χ0n) is 16.5. The van der Waals surface area contributed by atoms with Crippen LogP contribution in [0.2, 0.25) is 0 Å². The van der Waals surface area contributed by atoms with Crippen molar-refractivity contribution in [3.63, 3.8) is 0 Å². The van der Waals surface area contributed by atoms with Crippen LogP contribution in [0.3, 0.4) is 0 Å². The van der Waals surface area contributed by atoms with E-state index in [0.29, 0.717) is 22.9 Å². The number of fused-ring (bicyclic) bond motifs is 1. The molecule has 0 radical (unpaired) electrons. The van der Waals surface area contributed by atoms with Crippen LogP contribution in [0.5, 0.6) is 11.5 Å². The summed E-state index contributed by atoms with van der Waals surface area (Å²) in [5, 5.41) is 6.10. The van der Waals surface area contributed by atoms with E-state index in [1.807, 2.05) is 43.3 Å². The molecule has 7 heteroatoms. The molecule has 2 aromatic rings. The van der Waals surface area contributed by atoms with Crippen LogP contribution in [0, 0.1) is 0 Å². The van der Waals surface area contributed by atoms with Gasteiger partial charge < -0.3 is 14.8 Å². The Morgan fingerprint density at radius 2 is 1.89 bits per heavy atom. The second kappa shape index (κ2) is 8.31. The lowest BCUT2D eigenvalue weighted by Crippen LogP contribution is -2.50. The molecule has 0 saturated carbocycles. The maximum absolute atomic E-state index is 13.1. The van der Waals surface area contributed by atoms with Gasteiger partial charge in [-0.2, -0.15) is 0 Å². The SMILES string of the molecule is COc1ccc(OC)c([C@@H](C)N[C@H](C)C(=O)N2CC(=O)Nc3ccccc32)c1. The van der Waals surface area contributed by atoms with Gasteiger partial charge in [-0.1, -0.05) is 12.1 Å². The quantitative estimate of drug-likeness (QED) is 0.802. The van der Waals surface area contributed by atoms with Gasteiger partial charge in [0.2, 0.25) is 11.8 Å². The highest BCUT2D eigenvalue weighted by Crippen LogP contribution is 2.31. The predicted molar refractivity (Wildman–Crippen MR) is 108 cm³/mol. The zero-order valence-corrected chi connectivity index (χ0v) is 16.5. The molecule has 1 aliphatic heterocycles. The number of carbonyl (C=O) groups is 2. The summed E-state index contributed by atoms with van der Waals surface area (Å²) in [5.41, 5.74) is 2.23. The van der Waals surface area contributed by atoms with Crippen molar-refractivity contribution in [1.82, 2.24) is 5.32 Å². The van der Waals surface area contributed by atoms with E-state index in [-0.39, 0.29) is 24.4 Å². The van der Waals surface area contributed by atoms with Crippen molar-refractivity contribution in [2.45, 2.75) is 25.9 Å². The molecule has 3 rings (SSSR count). The minimum atomic E-state index is -0.509. The molecule has 28 heavy (non-hydrogen) atoms. The molecule has 2 amide bonds. The van der Waals surface area contributed by atoms with Crippen LogP contribution in [0.25, 0.3) is 0 Å². The Balaban J connectivity index is 1.79. The average molecular weight is 383 g/mol. The minimum Gasteiger partial charge on any atom is -0.497 e. The maximum Gasteiger partial charge on any atom is 0.244 e. The van der Waals surface area contributed by atoms with Crippen molar-refractivity contribution in [2.75, 3.05) is 31.0 Å². The summed E-state index contributed by atoms with van der Waals surface area (Å²) in [5.74, 6) is 1.05. The molecule has 7 nitrogen and oxygen atoms in total. The Morgan fingerprint density at radius 1 is 1.14 bits per heavy atom. The first-order valence-corrected chi connectivity index (χ1v) is 9.12. The van der Waals surface area contributed by atoms with Gasteiger partial charge in [-0.05, 0) is 44.2 Å². The van der Waals surface area contributed by atoms with Gasteiger partial charge in [0.25, 0.3) is 0 Å². The van der Waals surface area contributed by atoms with E-state index in [1.54, 1.807) is 27.2 Å². The van der Waals surface area contributed by atoms with Crippen molar-refractivity contribution < 1.29 is 19.1 Å². The number of para-hydroxylation sites is 2. The van der Waals surface area contributed by atoms with E-state index in [1.165, 1.54) is 4.90 Å². The molecule has 0 bridgehead atoms. The third kappa shape index (κ3) is 3.94. The van der Waals surface area contributed by atoms with E-state index in [2.05, 4.69) is 10.6 Å². The molecule has 0 unspecified atom stereocenters. The third-order valence-corrected chi connectivity index (χ3v) is 4.81. The first-order chi connectivity index (χ1) is 13.4. The van der Waals surface area contributed by atoms with Gasteiger partial charge in [0, 0.05) is 11.6 Å². The van der Waals surface area contributed by atoms with Gasteiger partial charge in [0.1, 0.15) is 18.0 Å². The van der Waals surface area contributed by atoms with Crippen molar-refractivity contribution >= 4 is 23.2 Å². The Labute approximate surface area is 164 Å². The average Bonchev–Trinajstić information content (AvgIpc) is 2.71. The Bertz CT molecular complexity index is 884. The standard InChI is InChI=1S/C21H25N3O4/c1-13(16-11-15(27-3)9-10-19(16)28-4)22-14(2)21(26)24-12-20(25)23-17-7-5-6-8-18(17)24/h5-11,13-14,22H,12H2,1-4H3,(H,23,25)/t13-,14-/m1/s1. The fourth-order valence-corrected chi connectivity index (χ4v) is 3.38. The molecule has 0 spiro atoms. The number of anilines is 2. The normalized spacial score (nSPS) is 15.3. The topological polar surface area (TPSA) is 79.9 Å². The van der Waals surface area contributed by atoms with Gasteiger partial charge in [-0.3, -0.25) is 19.8 Å². The Morgan fingerprint density at radius 3 is 2.61 bits per heavy atom. The number of hydrogen-bond donors (Lipinski definition) is 2. The van der Waals surface area contributed by atoms with Crippen molar-refractivity contribution in [2.24, 2.45) is 0 Å². The number of benzene rings is 2. The van der Waals surface area contributed by atoms with Crippen LogP contribution in [0.4, 0.5) is 11.4 Å². The van der Waals surface area contributed by atoms with E-state index in [4.69, 9.17) is 9.47 Å². The lowest BCUT2D eigenvalue weighted by molar-refractivity contribution is -0.123. The van der Waals surface area contributed by atoms with Crippen LogP contribution in [0.15, 0.2) is 42.5 Å². The van der Waals surface area contributed by atoms with E-state index >= 15 is 0 Å². The van der Waals surface area contributed by atoms with E-state index in [9.17, 15) is 9.59 Å². The molecule has 0 aliphatic carbocycles. The number of nitrogens with zero attached hydrogens (tertiary/aromatic N) is 1. The third-order valence-electron chi connectivity index (χ3n) is 4.81. The van der Waals surface area contributed by atoms with Gasteiger partial charge in [-0.25, -0.2) is 0 Å². The summed E-state index contributed by atoms with van der Waals surface area (Å²) >= 11 is 0. The Hall–Kier alpha value is -3.06. The molecule has 2 aromatic carbocycles. The highest BCUT2D eigenvalue weighted by molar-refractivity contribution is 6.11. The summed E-state index contributed by atoms with van der Waals surface area (Å²) in [7, 11) is 3.21.